The minimum Gasteiger partial charge on any atom is -0.490 e. The highest BCUT2D eigenvalue weighted by Crippen LogP contribution is 2.31. The van der Waals surface area contributed by atoms with Gasteiger partial charge in [0.05, 0.1) is 11.1 Å². The van der Waals surface area contributed by atoms with Crippen LogP contribution in [0, 0.1) is 0 Å². The monoisotopic (exact) mass is 390 g/mol. The summed E-state index contributed by atoms with van der Waals surface area (Å²) in [7, 11) is -2.06. The Hall–Kier alpha value is -2.39. The first-order valence-electron chi connectivity index (χ1n) is 8.96. The molecule has 3 heterocycles. The standard InChI is InChI=1S/C18H22N4O4S/c1-12-10-13-11-14(5-6-16(13)26-12)27(24,25)20-15-4-3-9-22(18(15)23)17-7-8-19-21(17)2/h5-8,11-12,15,20H,3-4,9-10H2,1-2H3/t12-,15+/m0/s1. The largest absolute Gasteiger partial charge is 0.490 e. The zero-order chi connectivity index (χ0) is 19.2. The predicted molar refractivity (Wildman–Crippen MR) is 99.1 cm³/mol. The van der Waals surface area contributed by atoms with Crippen molar-refractivity contribution in [1.82, 2.24) is 14.5 Å². The van der Waals surface area contributed by atoms with Crippen molar-refractivity contribution in [2.75, 3.05) is 11.4 Å². The van der Waals surface area contributed by atoms with Crippen molar-refractivity contribution in [3.05, 3.63) is 36.0 Å². The number of carbonyl (C=O) groups is 1. The SMILES string of the molecule is C[C@H]1Cc2cc(S(=O)(=O)N[C@@H]3CCCN(c4ccnn4C)C3=O)ccc2O1. The van der Waals surface area contributed by atoms with Crippen LogP contribution in [0.25, 0.3) is 0 Å². The minimum atomic E-state index is -3.81. The predicted octanol–water partition coefficient (Wildman–Crippen LogP) is 1.22. The van der Waals surface area contributed by atoms with E-state index in [9.17, 15) is 13.2 Å². The van der Waals surface area contributed by atoms with Crippen molar-refractivity contribution in [3.8, 4) is 5.75 Å². The molecule has 1 aromatic carbocycles. The summed E-state index contributed by atoms with van der Waals surface area (Å²) in [5.41, 5.74) is 0.872. The summed E-state index contributed by atoms with van der Waals surface area (Å²) in [5, 5.41) is 4.09. The molecule has 2 aliphatic heterocycles. The molecule has 2 atom stereocenters. The molecule has 0 saturated carbocycles. The van der Waals surface area contributed by atoms with Crippen molar-refractivity contribution in [2.24, 2.45) is 7.05 Å². The van der Waals surface area contributed by atoms with E-state index in [1.54, 1.807) is 41.0 Å². The van der Waals surface area contributed by atoms with Gasteiger partial charge in [-0.15, -0.1) is 0 Å². The molecule has 8 nitrogen and oxygen atoms in total. The summed E-state index contributed by atoms with van der Waals surface area (Å²) in [6.45, 7) is 2.49. The third kappa shape index (κ3) is 3.32. The molecule has 144 valence electrons. The number of sulfonamides is 1. The Labute approximate surface area is 158 Å². The Morgan fingerprint density at radius 3 is 2.85 bits per heavy atom. The summed E-state index contributed by atoms with van der Waals surface area (Å²) in [6, 6.07) is 5.79. The number of amides is 1. The lowest BCUT2D eigenvalue weighted by molar-refractivity contribution is -0.121. The van der Waals surface area contributed by atoms with Crippen LogP contribution < -0.4 is 14.4 Å². The molecule has 0 unspecified atom stereocenters. The van der Waals surface area contributed by atoms with Gasteiger partial charge in [0.2, 0.25) is 15.9 Å². The molecule has 0 radical (unpaired) electrons. The van der Waals surface area contributed by atoms with Crippen LogP contribution in [-0.4, -0.2) is 42.8 Å². The van der Waals surface area contributed by atoms with Crippen molar-refractivity contribution < 1.29 is 17.9 Å². The number of aryl methyl sites for hydroxylation is 1. The van der Waals surface area contributed by atoms with Crippen LogP contribution in [0.4, 0.5) is 5.82 Å². The van der Waals surface area contributed by atoms with E-state index >= 15 is 0 Å². The van der Waals surface area contributed by atoms with Gasteiger partial charge in [-0.05, 0) is 43.5 Å². The Kier molecular flexibility index (Phi) is 4.43. The van der Waals surface area contributed by atoms with Crippen molar-refractivity contribution in [3.63, 3.8) is 0 Å². The first-order valence-corrected chi connectivity index (χ1v) is 10.4. The van der Waals surface area contributed by atoms with Gasteiger partial charge in [-0.25, -0.2) is 8.42 Å². The average Bonchev–Trinajstić information content (AvgIpc) is 3.20. The second-order valence-corrected chi connectivity index (χ2v) is 8.74. The van der Waals surface area contributed by atoms with Crippen LogP contribution >= 0.6 is 0 Å². The Morgan fingerprint density at radius 1 is 1.30 bits per heavy atom. The molecule has 1 fully saturated rings. The number of aromatic nitrogens is 2. The molecule has 9 heteroatoms. The highest BCUT2D eigenvalue weighted by molar-refractivity contribution is 7.89. The lowest BCUT2D eigenvalue weighted by Crippen LogP contribution is -2.52. The van der Waals surface area contributed by atoms with Gasteiger partial charge in [0.1, 0.15) is 23.7 Å². The normalized spacial score (nSPS) is 22.6. The van der Waals surface area contributed by atoms with Crippen LogP contribution in [-0.2, 0) is 28.3 Å². The molecule has 1 N–H and O–H groups in total. The Bertz CT molecular complexity index is 985. The van der Waals surface area contributed by atoms with Gasteiger partial charge in [0, 0.05) is 26.1 Å². The number of rotatable bonds is 4. The molecule has 2 aromatic rings. The van der Waals surface area contributed by atoms with Gasteiger partial charge < -0.3 is 4.74 Å². The number of carbonyl (C=O) groups excluding carboxylic acids is 1. The highest BCUT2D eigenvalue weighted by Gasteiger charge is 2.34. The molecule has 0 spiro atoms. The highest BCUT2D eigenvalue weighted by atomic mass is 32.2. The van der Waals surface area contributed by atoms with Crippen LogP contribution in [0.3, 0.4) is 0 Å². The molecule has 4 rings (SSSR count). The van der Waals surface area contributed by atoms with Gasteiger partial charge in [0.15, 0.2) is 0 Å². The maximum Gasteiger partial charge on any atom is 0.246 e. The maximum atomic E-state index is 12.9. The number of benzene rings is 1. The average molecular weight is 390 g/mol. The van der Waals surface area contributed by atoms with Crippen molar-refractivity contribution in [1.29, 1.82) is 0 Å². The minimum absolute atomic E-state index is 0.0401. The zero-order valence-corrected chi connectivity index (χ0v) is 16.1. The van der Waals surface area contributed by atoms with Gasteiger partial charge in [-0.1, -0.05) is 0 Å². The number of nitrogens with one attached hydrogen (secondary N) is 1. The quantitative estimate of drug-likeness (QED) is 0.847. The first-order chi connectivity index (χ1) is 12.8. The molecular weight excluding hydrogens is 368 g/mol. The summed E-state index contributed by atoms with van der Waals surface area (Å²) in [4.78, 5) is 14.6. The van der Waals surface area contributed by atoms with E-state index in [0.717, 1.165) is 11.3 Å². The van der Waals surface area contributed by atoms with Crippen molar-refractivity contribution in [2.45, 2.75) is 43.2 Å². The van der Waals surface area contributed by atoms with Crippen LogP contribution in [0.15, 0.2) is 35.4 Å². The molecular formula is C18H22N4O4S. The lowest BCUT2D eigenvalue weighted by Gasteiger charge is -2.32. The molecule has 0 aliphatic carbocycles. The molecule has 27 heavy (non-hydrogen) atoms. The van der Waals surface area contributed by atoms with Crippen LogP contribution in [0.5, 0.6) is 5.75 Å². The van der Waals surface area contributed by atoms with E-state index in [1.807, 2.05) is 6.92 Å². The van der Waals surface area contributed by atoms with Crippen molar-refractivity contribution >= 4 is 21.7 Å². The summed E-state index contributed by atoms with van der Waals surface area (Å²) in [6.07, 6.45) is 3.51. The second kappa shape index (κ2) is 6.65. The second-order valence-electron chi connectivity index (χ2n) is 7.02. The van der Waals surface area contributed by atoms with E-state index in [4.69, 9.17) is 4.74 Å². The number of anilines is 1. The van der Waals surface area contributed by atoms with Gasteiger partial charge in [0.25, 0.3) is 0 Å². The first kappa shape index (κ1) is 18.0. The topological polar surface area (TPSA) is 93.5 Å². The molecule has 1 saturated heterocycles. The Morgan fingerprint density at radius 2 is 2.11 bits per heavy atom. The van der Waals surface area contributed by atoms with Crippen LogP contribution in [0.2, 0.25) is 0 Å². The fourth-order valence-electron chi connectivity index (χ4n) is 3.66. The fraction of sp³-hybridized carbons (Fsp3) is 0.444. The number of fused-ring (bicyclic) bond motifs is 1. The molecule has 1 aromatic heterocycles. The Balaban J connectivity index is 1.55. The van der Waals surface area contributed by atoms with E-state index in [0.29, 0.717) is 31.6 Å². The molecule has 1 amide bonds. The van der Waals surface area contributed by atoms with Gasteiger partial charge >= 0.3 is 0 Å². The van der Waals surface area contributed by atoms with E-state index in [-0.39, 0.29) is 16.9 Å². The summed E-state index contributed by atoms with van der Waals surface area (Å²) >= 11 is 0. The summed E-state index contributed by atoms with van der Waals surface area (Å²) in [5.74, 6) is 1.12. The third-order valence-corrected chi connectivity index (χ3v) is 6.45. The smallest absolute Gasteiger partial charge is 0.246 e. The van der Waals surface area contributed by atoms with Gasteiger partial charge in [-0.2, -0.15) is 9.82 Å². The molecule has 2 aliphatic rings. The summed E-state index contributed by atoms with van der Waals surface area (Å²) < 4.78 is 35.5. The lowest BCUT2D eigenvalue weighted by atomic mass is 10.1. The number of piperidine rings is 1. The van der Waals surface area contributed by atoms with E-state index in [2.05, 4.69) is 9.82 Å². The maximum absolute atomic E-state index is 12.9. The zero-order valence-electron chi connectivity index (χ0n) is 15.3. The van der Waals surface area contributed by atoms with E-state index < -0.39 is 16.1 Å². The molecule has 0 bridgehead atoms. The third-order valence-electron chi connectivity index (χ3n) is 4.99. The number of nitrogens with zero attached hydrogens (tertiary/aromatic N) is 3. The number of ether oxygens (including phenoxy) is 1. The van der Waals surface area contributed by atoms with Gasteiger partial charge in [-0.3, -0.25) is 14.4 Å². The number of hydrogen-bond donors (Lipinski definition) is 1. The van der Waals surface area contributed by atoms with Crippen LogP contribution in [0.1, 0.15) is 25.3 Å². The number of hydrogen-bond acceptors (Lipinski definition) is 5. The fourth-order valence-corrected chi connectivity index (χ4v) is 4.94. The van der Waals surface area contributed by atoms with E-state index in [1.165, 1.54) is 6.07 Å².